The number of anilines is 1. The van der Waals surface area contributed by atoms with Gasteiger partial charge in [-0.2, -0.15) is 4.31 Å². The fourth-order valence-corrected chi connectivity index (χ4v) is 4.24. The summed E-state index contributed by atoms with van der Waals surface area (Å²) in [7, 11) is -2.78. The van der Waals surface area contributed by atoms with E-state index < -0.39 is 34.5 Å². The Hall–Kier alpha value is -2.78. The van der Waals surface area contributed by atoms with Crippen molar-refractivity contribution in [1.82, 2.24) is 4.31 Å². The zero-order chi connectivity index (χ0) is 21.2. The summed E-state index contributed by atoms with van der Waals surface area (Å²) in [6, 6.07) is 11.8. The smallest absolute Gasteiger partial charge is 0.322 e. The van der Waals surface area contributed by atoms with Crippen molar-refractivity contribution in [2.75, 3.05) is 25.0 Å². The molecule has 1 heterocycles. The second-order valence-electron chi connectivity index (χ2n) is 6.72. The van der Waals surface area contributed by atoms with Crippen LogP contribution in [0.5, 0.6) is 0 Å². The maximum Gasteiger partial charge on any atom is 0.322 e. The highest BCUT2D eigenvalue weighted by molar-refractivity contribution is 7.89. The number of hydrogen-bond acceptors (Lipinski definition) is 5. The minimum absolute atomic E-state index is 0.146. The first kappa shape index (κ1) is 20.9. The van der Waals surface area contributed by atoms with Gasteiger partial charge in [0.25, 0.3) is 5.91 Å². The lowest BCUT2D eigenvalue weighted by molar-refractivity contribution is -0.153. The third kappa shape index (κ3) is 4.46. The highest BCUT2D eigenvalue weighted by Gasteiger charge is 2.31. The molecule has 0 unspecified atom stereocenters. The Morgan fingerprint density at radius 2 is 1.83 bits per heavy atom. The number of rotatable bonds is 6. The number of likely N-dealkylation sites (N-methyl/N-ethyl adjacent to an activating group) is 1. The van der Waals surface area contributed by atoms with Crippen LogP contribution in [0.25, 0.3) is 0 Å². The SMILES string of the molecule is C[C@@H](OC(=O)CN(C)S(=O)(=O)c1ccc(F)cc1)C(=O)N1CCc2ccccc21. The molecule has 29 heavy (non-hydrogen) atoms. The Bertz CT molecular complexity index is 1020. The quantitative estimate of drug-likeness (QED) is 0.667. The largest absolute Gasteiger partial charge is 0.452 e. The van der Waals surface area contributed by atoms with Crippen molar-refractivity contribution >= 4 is 27.6 Å². The number of amides is 1. The van der Waals surface area contributed by atoms with E-state index in [1.807, 2.05) is 24.3 Å². The number of nitrogens with zero attached hydrogens (tertiary/aromatic N) is 2. The van der Waals surface area contributed by atoms with Gasteiger partial charge in [0.05, 0.1) is 4.90 Å². The first-order valence-corrected chi connectivity index (χ1v) is 10.4. The van der Waals surface area contributed by atoms with Gasteiger partial charge >= 0.3 is 5.97 Å². The Balaban J connectivity index is 1.61. The fraction of sp³-hybridized carbons (Fsp3) is 0.300. The molecule has 0 fully saturated rings. The molecule has 1 amide bonds. The van der Waals surface area contributed by atoms with E-state index in [1.54, 1.807) is 4.90 Å². The number of hydrogen-bond donors (Lipinski definition) is 0. The number of sulfonamides is 1. The molecule has 0 saturated carbocycles. The van der Waals surface area contributed by atoms with E-state index >= 15 is 0 Å². The molecule has 1 atom stereocenters. The highest BCUT2D eigenvalue weighted by Crippen LogP contribution is 2.28. The van der Waals surface area contributed by atoms with Gasteiger partial charge in [-0.15, -0.1) is 0 Å². The zero-order valence-corrected chi connectivity index (χ0v) is 16.9. The lowest BCUT2D eigenvalue weighted by Gasteiger charge is -2.23. The Morgan fingerprint density at radius 1 is 1.17 bits per heavy atom. The van der Waals surface area contributed by atoms with Crippen molar-refractivity contribution in [3.05, 3.63) is 59.9 Å². The summed E-state index contributed by atoms with van der Waals surface area (Å²) in [5, 5.41) is 0. The molecule has 0 N–H and O–H groups in total. The summed E-state index contributed by atoms with van der Waals surface area (Å²) in [6.07, 6.45) is -0.336. The van der Waals surface area contributed by atoms with Crippen molar-refractivity contribution in [2.24, 2.45) is 0 Å². The van der Waals surface area contributed by atoms with E-state index in [0.29, 0.717) is 6.54 Å². The number of esters is 1. The second kappa shape index (κ2) is 8.30. The lowest BCUT2D eigenvalue weighted by atomic mass is 10.2. The van der Waals surface area contributed by atoms with Crippen LogP contribution in [0.2, 0.25) is 0 Å². The van der Waals surface area contributed by atoms with Crippen LogP contribution in [-0.4, -0.2) is 50.8 Å². The van der Waals surface area contributed by atoms with Crippen LogP contribution in [0.4, 0.5) is 10.1 Å². The number of carbonyl (C=O) groups is 2. The van der Waals surface area contributed by atoms with Crippen LogP contribution in [0, 0.1) is 5.82 Å². The molecule has 0 saturated heterocycles. The van der Waals surface area contributed by atoms with Gasteiger partial charge in [-0.1, -0.05) is 18.2 Å². The average Bonchev–Trinajstić information content (AvgIpc) is 3.11. The maximum atomic E-state index is 13.0. The molecule has 2 aromatic rings. The topological polar surface area (TPSA) is 84.0 Å². The van der Waals surface area contributed by atoms with Crippen LogP contribution < -0.4 is 4.90 Å². The minimum Gasteiger partial charge on any atom is -0.452 e. The van der Waals surface area contributed by atoms with Gasteiger partial charge in [0.2, 0.25) is 10.0 Å². The maximum absolute atomic E-state index is 13.0. The van der Waals surface area contributed by atoms with Crippen molar-refractivity contribution < 1.29 is 27.1 Å². The van der Waals surface area contributed by atoms with Crippen molar-refractivity contribution in [1.29, 1.82) is 0 Å². The minimum atomic E-state index is -3.99. The average molecular weight is 420 g/mol. The van der Waals surface area contributed by atoms with E-state index in [0.717, 1.165) is 46.2 Å². The van der Waals surface area contributed by atoms with Crippen LogP contribution in [0.1, 0.15) is 12.5 Å². The standard InChI is InChI=1S/C20H21FN2O5S/c1-14(20(25)23-12-11-15-5-3-4-6-18(15)23)28-19(24)13-22(2)29(26,27)17-9-7-16(21)8-10-17/h3-10,14H,11-13H2,1-2H3/t14-/m1/s1. The van der Waals surface area contributed by atoms with E-state index in [9.17, 15) is 22.4 Å². The molecular weight excluding hydrogens is 399 g/mol. The molecule has 1 aliphatic rings. The summed E-state index contributed by atoms with van der Waals surface area (Å²) < 4.78 is 43.9. The predicted molar refractivity (Wildman–Crippen MR) is 104 cm³/mol. The highest BCUT2D eigenvalue weighted by atomic mass is 32.2. The molecule has 0 radical (unpaired) electrons. The predicted octanol–water partition coefficient (Wildman–Crippen LogP) is 1.97. The number of ether oxygens (including phenoxy) is 1. The molecule has 3 rings (SSSR count). The summed E-state index contributed by atoms with van der Waals surface area (Å²) in [6.45, 7) is 1.38. The monoisotopic (exact) mass is 420 g/mol. The van der Waals surface area contributed by atoms with Gasteiger partial charge in [-0.3, -0.25) is 9.59 Å². The number of fused-ring (bicyclic) bond motifs is 1. The first-order valence-electron chi connectivity index (χ1n) is 9.01. The lowest BCUT2D eigenvalue weighted by Crippen LogP contribution is -2.41. The molecular formula is C20H21FN2O5S. The zero-order valence-electron chi connectivity index (χ0n) is 16.0. The molecule has 2 aromatic carbocycles. The fourth-order valence-electron chi connectivity index (χ4n) is 3.12. The number of benzene rings is 2. The first-order chi connectivity index (χ1) is 13.7. The van der Waals surface area contributed by atoms with Gasteiger partial charge < -0.3 is 9.64 Å². The van der Waals surface area contributed by atoms with Gasteiger partial charge in [-0.25, -0.2) is 12.8 Å². The molecule has 154 valence electrons. The van der Waals surface area contributed by atoms with E-state index in [4.69, 9.17) is 4.74 Å². The van der Waals surface area contributed by atoms with Crippen LogP contribution in [0.3, 0.4) is 0 Å². The van der Waals surface area contributed by atoms with Crippen molar-refractivity contribution in [2.45, 2.75) is 24.3 Å². The summed E-state index contributed by atoms with van der Waals surface area (Å²) in [4.78, 5) is 26.3. The van der Waals surface area contributed by atoms with Crippen LogP contribution in [-0.2, 0) is 30.8 Å². The van der Waals surface area contributed by atoms with Gasteiger partial charge in [0.1, 0.15) is 12.4 Å². The molecule has 0 aromatic heterocycles. The van der Waals surface area contributed by atoms with Crippen molar-refractivity contribution in [3.63, 3.8) is 0 Å². The molecule has 0 spiro atoms. The summed E-state index contributed by atoms with van der Waals surface area (Å²) in [5.74, 6) is -1.79. The summed E-state index contributed by atoms with van der Waals surface area (Å²) >= 11 is 0. The Morgan fingerprint density at radius 3 is 2.52 bits per heavy atom. The Labute approximate surface area is 168 Å². The third-order valence-electron chi connectivity index (χ3n) is 4.68. The van der Waals surface area contributed by atoms with E-state index in [-0.39, 0.29) is 10.8 Å². The van der Waals surface area contributed by atoms with Gasteiger partial charge in [0.15, 0.2) is 6.10 Å². The van der Waals surface area contributed by atoms with Gasteiger partial charge in [0, 0.05) is 19.3 Å². The third-order valence-corrected chi connectivity index (χ3v) is 6.50. The number of para-hydroxylation sites is 1. The number of carbonyl (C=O) groups excluding carboxylic acids is 2. The second-order valence-corrected chi connectivity index (χ2v) is 8.76. The normalized spacial score (nSPS) is 14.6. The summed E-state index contributed by atoms with van der Waals surface area (Å²) in [5.41, 5.74) is 1.83. The van der Waals surface area contributed by atoms with Crippen molar-refractivity contribution in [3.8, 4) is 0 Å². The van der Waals surface area contributed by atoms with Gasteiger partial charge in [-0.05, 0) is 49.2 Å². The van der Waals surface area contributed by atoms with Crippen LogP contribution in [0.15, 0.2) is 53.4 Å². The molecule has 0 bridgehead atoms. The molecule has 0 aliphatic carbocycles. The molecule has 7 nitrogen and oxygen atoms in total. The van der Waals surface area contributed by atoms with E-state index in [1.165, 1.54) is 14.0 Å². The number of halogens is 1. The van der Waals surface area contributed by atoms with Crippen LogP contribution >= 0.6 is 0 Å². The molecule has 1 aliphatic heterocycles. The Kier molecular flexibility index (Phi) is 5.99. The van der Waals surface area contributed by atoms with E-state index in [2.05, 4.69) is 0 Å². The molecule has 9 heteroatoms.